The lowest BCUT2D eigenvalue weighted by atomic mass is 10.1. The van der Waals surface area contributed by atoms with Crippen molar-refractivity contribution >= 4 is 22.3 Å². The molecule has 0 amide bonds. The van der Waals surface area contributed by atoms with E-state index < -0.39 is 0 Å². The van der Waals surface area contributed by atoms with E-state index >= 15 is 0 Å². The van der Waals surface area contributed by atoms with Gasteiger partial charge < -0.3 is 25.5 Å². The quantitative estimate of drug-likeness (QED) is 0.480. The molecule has 1 atom stereocenters. The Balaban J connectivity index is 1.54. The highest BCUT2D eigenvalue weighted by Crippen LogP contribution is 2.36. The van der Waals surface area contributed by atoms with Gasteiger partial charge in [-0.15, -0.1) is 0 Å². The second-order valence-electron chi connectivity index (χ2n) is 7.83. The Labute approximate surface area is 180 Å². The smallest absolute Gasteiger partial charge is 0.199 e. The summed E-state index contributed by atoms with van der Waals surface area (Å²) in [7, 11) is 2.03. The molecule has 1 aliphatic rings. The fourth-order valence-electron chi connectivity index (χ4n) is 4.04. The minimum Gasteiger partial charge on any atom is -0.463 e. The molecule has 7 heteroatoms. The second kappa shape index (κ2) is 7.92. The van der Waals surface area contributed by atoms with E-state index in [1.807, 2.05) is 31.3 Å². The van der Waals surface area contributed by atoms with Crippen LogP contribution in [0.25, 0.3) is 33.5 Å². The van der Waals surface area contributed by atoms with Crippen LogP contribution in [0.3, 0.4) is 0 Å². The van der Waals surface area contributed by atoms with Gasteiger partial charge in [-0.05, 0) is 37.1 Å². The standard InChI is InChI=1S/C24H25N5O2/c1-29-14-17(15-6-2-3-7-21(15)29)20-9-10-27-24(28-20)16-12-22(19(26)13-18(16)25)31-23-8-4-5-11-30-23/h2-3,6-7,9-10,12-14,23H,4-5,8,11,25-26H2,1H3. The summed E-state index contributed by atoms with van der Waals surface area (Å²) in [6.45, 7) is 0.697. The summed E-state index contributed by atoms with van der Waals surface area (Å²) < 4.78 is 13.8. The lowest BCUT2D eigenvalue weighted by molar-refractivity contribution is -0.105. The van der Waals surface area contributed by atoms with Crippen LogP contribution >= 0.6 is 0 Å². The number of fused-ring (bicyclic) bond motifs is 1. The Morgan fingerprint density at radius 3 is 2.77 bits per heavy atom. The number of nitrogens with two attached hydrogens (primary N) is 2. The molecule has 4 N–H and O–H groups in total. The SMILES string of the molecule is Cn1cc(-c2ccnc(-c3cc(OC4CCCCO4)c(N)cc3N)n2)c2ccccc21. The number of para-hydroxylation sites is 1. The molecular formula is C24H25N5O2. The van der Waals surface area contributed by atoms with Gasteiger partial charge in [0.05, 0.1) is 18.0 Å². The summed E-state index contributed by atoms with van der Waals surface area (Å²) in [5.41, 5.74) is 17.1. The van der Waals surface area contributed by atoms with Crippen LogP contribution in [0.5, 0.6) is 5.75 Å². The Kier molecular flexibility index (Phi) is 4.95. The van der Waals surface area contributed by atoms with Crippen molar-refractivity contribution < 1.29 is 9.47 Å². The predicted molar refractivity (Wildman–Crippen MR) is 122 cm³/mol. The van der Waals surface area contributed by atoms with Crippen LogP contribution in [-0.2, 0) is 11.8 Å². The number of rotatable bonds is 4. The van der Waals surface area contributed by atoms with E-state index in [4.69, 9.17) is 25.9 Å². The lowest BCUT2D eigenvalue weighted by Gasteiger charge is -2.24. The first-order chi connectivity index (χ1) is 15.1. The fourth-order valence-corrected chi connectivity index (χ4v) is 4.04. The number of anilines is 2. The van der Waals surface area contributed by atoms with Crippen molar-refractivity contribution in [2.24, 2.45) is 7.05 Å². The van der Waals surface area contributed by atoms with Crippen molar-refractivity contribution in [1.29, 1.82) is 0 Å². The summed E-state index contributed by atoms with van der Waals surface area (Å²) in [4.78, 5) is 9.30. The summed E-state index contributed by atoms with van der Waals surface area (Å²) in [5, 5.41) is 1.14. The van der Waals surface area contributed by atoms with Crippen LogP contribution in [-0.4, -0.2) is 27.4 Å². The molecule has 1 unspecified atom stereocenters. The van der Waals surface area contributed by atoms with Gasteiger partial charge >= 0.3 is 0 Å². The molecule has 0 aliphatic carbocycles. The first-order valence-corrected chi connectivity index (χ1v) is 10.5. The van der Waals surface area contributed by atoms with Gasteiger partial charge in [0.2, 0.25) is 0 Å². The number of hydrogen-bond acceptors (Lipinski definition) is 6. The molecule has 7 nitrogen and oxygen atoms in total. The number of hydrogen-bond donors (Lipinski definition) is 2. The largest absolute Gasteiger partial charge is 0.463 e. The normalized spacial score (nSPS) is 16.5. The predicted octanol–water partition coefficient (Wildman–Crippen LogP) is 4.37. The molecule has 158 valence electrons. The monoisotopic (exact) mass is 415 g/mol. The average Bonchev–Trinajstić information content (AvgIpc) is 3.13. The van der Waals surface area contributed by atoms with Gasteiger partial charge in [0.25, 0.3) is 0 Å². The van der Waals surface area contributed by atoms with Gasteiger partial charge in [-0.25, -0.2) is 9.97 Å². The van der Waals surface area contributed by atoms with Crippen molar-refractivity contribution in [2.75, 3.05) is 18.1 Å². The summed E-state index contributed by atoms with van der Waals surface area (Å²) >= 11 is 0. The zero-order chi connectivity index (χ0) is 21.4. The van der Waals surface area contributed by atoms with Crippen LogP contribution in [0.4, 0.5) is 11.4 Å². The highest BCUT2D eigenvalue weighted by atomic mass is 16.7. The van der Waals surface area contributed by atoms with E-state index in [0.717, 1.165) is 41.4 Å². The number of ether oxygens (including phenoxy) is 2. The molecule has 1 aliphatic heterocycles. The molecule has 1 fully saturated rings. The zero-order valence-electron chi connectivity index (χ0n) is 17.4. The van der Waals surface area contributed by atoms with Gasteiger partial charge in [-0.1, -0.05) is 18.2 Å². The van der Waals surface area contributed by atoms with Crippen LogP contribution in [0.15, 0.2) is 54.9 Å². The highest BCUT2D eigenvalue weighted by molar-refractivity contribution is 5.95. The summed E-state index contributed by atoms with van der Waals surface area (Å²) in [5.74, 6) is 1.06. The molecule has 0 saturated carbocycles. The van der Waals surface area contributed by atoms with Crippen LogP contribution < -0.4 is 16.2 Å². The third-order valence-corrected chi connectivity index (χ3v) is 5.65. The average molecular weight is 415 g/mol. The third-order valence-electron chi connectivity index (χ3n) is 5.65. The van der Waals surface area contributed by atoms with Crippen molar-refractivity contribution in [3.8, 4) is 28.4 Å². The number of nitrogen functional groups attached to an aromatic ring is 2. The van der Waals surface area contributed by atoms with Crippen LogP contribution in [0, 0.1) is 0 Å². The second-order valence-corrected chi connectivity index (χ2v) is 7.83. The van der Waals surface area contributed by atoms with E-state index in [0.29, 0.717) is 35.1 Å². The maximum Gasteiger partial charge on any atom is 0.199 e. The molecule has 2 aromatic heterocycles. The molecule has 3 heterocycles. The molecule has 1 saturated heterocycles. The van der Waals surface area contributed by atoms with E-state index in [-0.39, 0.29) is 6.29 Å². The maximum absolute atomic E-state index is 6.29. The Morgan fingerprint density at radius 2 is 1.94 bits per heavy atom. The van der Waals surface area contributed by atoms with Gasteiger partial charge in [-0.3, -0.25) is 0 Å². The van der Waals surface area contributed by atoms with Crippen LogP contribution in [0.1, 0.15) is 19.3 Å². The number of benzene rings is 2. The topological polar surface area (TPSA) is 101 Å². The number of aryl methyl sites for hydroxylation is 1. The van der Waals surface area contributed by atoms with E-state index in [9.17, 15) is 0 Å². The van der Waals surface area contributed by atoms with E-state index in [1.165, 1.54) is 0 Å². The molecule has 5 rings (SSSR count). The molecule has 0 spiro atoms. The molecule has 4 aromatic rings. The van der Waals surface area contributed by atoms with Gasteiger partial charge in [0.15, 0.2) is 12.1 Å². The third kappa shape index (κ3) is 3.68. The maximum atomic E-state index is 6.29. The van der Waals surface area contributed by atoms with Crippen molar-refractivity contribution in [2.45, 2.75) is 25.6 Å². The zero-order valence-corrected chi connectivity index (χ0v) is 17.4. The van der Waals surface area contributed by atoms with Crippen LogP contribution in [0.2, 0.25) is 0 Å². The van der Waals surface area contributed by atoms with Gasteiger partial charge in [0.1, 0.15) is 5.75 Å². The molecular weight excluding hydrogens is 390 g/mol. The molecule has 2 aromatic carbocycles. The molecule has 31 heavy (non-hydrogen) atoms. The Hall–Kier alpha value is -3.58. The van der Waals surface area contributed by atoms with Crippen molar-refractivity contribution in [3.63, 3.8) is 0 Å². The number of nitrogens with zero attached hydrogens (tertiary/aromatic N) is 3. The number of aromatic nitrogens is 3. The van der Waals surface area contributed by atoms with E-state index in [1.54, 1.807) is 12.3 Å². The van der Waals surface area contributed by atoms with Crippen molar-refractivity contribution in [1.82, 2.24) is 14.5 Å². The molecule has 0 bridgehead atoms. The first-order valence-electron chi connectivity index (χ1n) is 10.5. The Morgan fingerprint density at radius 1 is 1.06 bits per heavy atom. The fraction of sp³-hybridized carbons (Fsp3) is 0.250. The highest BCUT2D eigenvalue weighted by Gasteiger charge is 2.19. The van der Waals surface area contributed by atoms with E-state index in [2.05, 4.69) is 27.9 Å². The summed E-state index contributed by atoms with van der Waals surface area (Å²) in [6.07, 6.45) is 6.50. The summed E-state index contributed by atoms with van der Waals surface area (Å²) in [6, 6.07) is 13.7. The van der Waals surface area contributed by atoms with Gasteiger partial charge in [0, 0.05) is 53.6 Å². The minimum atomic E-state index is -0.296. The minimum absolute atomic E-state index is 0.296. The Bertz CT molecular complexity index is 1240. The lowest BCUT2D eigenvalue weighted by Crippen LogP contribution is -2.25. The van der Waals surface area contributed by atoms with Crippen molar-refractivity contribution in [3.05, 3.63) is 54.9 Å². The van der Waals surface area contributed by atoms with Gasteiger partial charge in [-0.2, -0.15) is 0 Å². The first kappa shape index (κ1) is 19.4. The molecule has 0 radical (unpaired) electrons.